The number of hydrogen-bond acceptors (Lipinski definition) is 5. The first-order valence-electron chi connectivity index (χ1n) is 5.59. The Balaban J connectivity index is 2.99. The van der Waals surface area contributed by atoms with Crippen molar-refractivity contribution in [3.8, 4) is 0 Å². The van der Waals surface area contributed by atoms with E-state index in [1.54, 1.807) is 0 Å². The van der Waals surface area contributed by atoms with Crippen LogP contribution in [-0.2, 0) is 24.2 Å². The van der Waals surface area contributed by atoms with E-state index in [4.69, 9.17) is 11.6 Å². The summed E-state index contributed by atoms with van der Waals surface area (Å²) < 4.78 is 28.8. The van der Waals surface area contributed by atoms with Crippen molar-refractivity contribution < 1.29 is 22.7 Å². The first-order chi connectivity index (χ1) is 9.26. The van der Waals surface area contributed by atoms with Gasteiger partial charge in [0.1, 0.15) is 6.04 Å². The first kappa shape index (κ1) is 16.5. The zero-order valence-electron chi connectivity index (χ0n) is 10.9. The highest BCUT2D eigenvalue weighted by atomic mass is 35.5. The number of esters is 1. The number of hydrogen-bond donors (Lipinski definition) is 1. The van der Waals surface area contributed by atoms with Crippen molar-refractivity contribution in [1.29, 1.82) is 0 Å². The molecule has 0 fully saturated rings. The van der Waals surface area contributed by atoms with Gasteiger partial charge < -0.3 is 10.1 Å². The summed E-state index contributed by atoms with van der Waals surface area (Å²) >= 11 is 5.68. The number of ether oxygens (including phenoxy) is 1. The maximum Gasteiger partial charge on any atom is 0.329 e. The summed E-state index contributed by atoms with van der Waals surface area (Å²) in [6.45, 7) is 1.19. The molecule has 0 saturated heterocycles. The van der Waals surface area contributed by atoms with E-state index in [2.05, 4.69) is 10.1 Å². The van der Waals surface area contributed by atoms with Crippen LogP contribution in [-0.4, -0.2) is 39.2 Å². The second kappa shape index (κ2) is 6.71. The van der Waals surface area contributed by atoms with E-state index in [-0.39, 0.29) is 4.90 Å². The molecule has 0 aromatic heterocycles. The summed E-state index contributed by atoms with van der Waals surface area (Å²) in [6, 6.07) is 4.28. The highest BCUT2D eigenvalue weighted by Crippen LogP contribution is 2.16. The molecule has 1 aromatic carbocycles. The van der Waals surface area contributed by atoms with E-state index in [1.165, 1.54) is 31.2 Å². The van der Waals surface area contributed by atoms with Crippen molar-refractivity contribution in [1.82, 2.24) is 5.32 Å². The molecule has 0 bridgehead atoms. The van der Waals surface area contributed by atoms with E-state index in [1.807, 2.05) is 0 Å². The van der Waals surface area contributed by atoms with Gasteiger partial charge in [0.15, 0.2) is 9.84 Å². The number of halogens is 1. The van der Waals surface area contributed by atoms with Crippen LogP contribution in [0.4, 0.5) is 0 Å². The minimum absolute atomic E-state index is 0.0150. The van der Waals surface area contributed by atoms with E-state index in [9.17, 15) is 18.0 Å². The number of carbonyl (C=O) groups excluding carboxylic acids is 2. The molecule has 1 atom stereocenters. The van der Waals surface area contributed by atoms with Crippen molar-refractivity contribution in [2.75, 3.05) is 12.9 Å². The summed E-state index contributed by atoms with van der Waals surface area (Å²) in [5.41, 5.74) is 0. The van der Waals surface area contributed by atoms with Crippen LogP contribution in [0.15, 0.2) is 29.2 Å². The lowest BCUT2D eigenvalue weighted by atomic mass is 10.3. The lowest BCUT2D eigenvalue weighted by molar-refractivity contribution is -0.144. The molecule has 1 N–H and O–H groups in total. The number of methoxy groups -OCH3 is 1. The molecule has 1 unspecified atom stereocenters. The Labute approximate surface area is 122 Å². The number of carbonyl (C=O) groups is 2. The largest absolute Gasteiger partial charge is 0.467 e. The molecule has 0 aliphatic rings. The molecular weight excluding hydrogens is 306 g/mol. The molecule has 0 aliphatic heterocycles. The lowest BCUT2D eigenvalue weighted by Crippen LogP contribution is -2.45. The number of amides is 1. The summed E-state index contributed by atoms with van der Waals surface area (Å²) in [4.78, 5) is 22.5. The molecule has 8 heteroatoms. The van der Waals surface area contributed by atoms with Gasteiger partial charge in [-0.1, -0.05) is 11.6 Å². The van der Waals surface area contributed by atoms with Gasteiger partial charge in [-0.25, -0.2) is 13.2 Å². The van der Waals surface area contributed by atoms with Crippen molar-refractivity contribution in [3.63, 3.8) is 0 Å². The van der Waals surface area contributed by atoms with Crippen molar-refractivity contribution in [3.05, 3.63) is 29.3 Å². The molecule has 0 aliphatic carbocycles. The normalized spacial score (nSPS) is 12.6. The second-order valence-corrected chi connectivity index (χ2v) is 6.48. The third kappa shape index (κ3) is 4.50. The minimum atomic E-state index is -3.75. The standard InChI is InChI=1S/C12H14ClNO5S/c1-8(15)14-11(12(16)19-2)7-20(17,18)10-5-3-9(13)4-6-10/h3-6,11H,7H2,1-2H3,(H,14,15). The molecule has 0 saturated carbocycles. The van der Waals surface area contributed by atoms with Crippen molar-refractivity contribution in [2.45, 2.75) is 17.9 Å². The van der Waals surface area contributed by atoms with Gasteiger partial charge in [0.05, 0.1) is 17.8 Å². The van der Waals surface area contributed by atoms with Gasteiger partial charge in [-0.05, 0) is 24.3 Å². The molecule has 6 nitrogen and oxygen atoms in total. The van der Waals surface area contributed by atoms with Crippen LogP contribution in [0.2, 0.25) is 5.02 Å². The van der Waals surface area contributed by atoms with Crippen LogP contribution >= 0.6 is 11.6 Å². The Morgan fingerprint density at radius 3 is 2.30 bits per heavy atom. The van der Waals surface area contributed by atoms with Crippen LogP contribution in [0.3, 0.4) is 0 Å². The van der Waals surface area contributed by atoms with Crippen LogP contribution in [0.1, 0.15) is 6.92 Å². The summed E-state index contributed by atoms with van der Waals surface area (Å²) in [5, 5.41) is 2.65. The Kier molecular flexibility index (Phi) is 5.52. The van der Waals surface area contributed by atoms with E-state index in [0.717, 1.165) is 7.11 Å². The van der Waals surface area contributed by atoms with Gasteiger partial charge >= 0.3 is 5.97 Å². The second-order valence-electron chi connectivity index (χ2n) is 4.01. The summed E-state index contributed by atoms with van der Waals surface area (Å²) in [5.74, 6) is -1.93. The predicted octanol–water partition coefficient (Wildman–Crippen LogP) is 0.791. The monoisotopic (exact) mass is 319 g/mol. The SMILES string of the molecule is COC(=O)C(CS(=O)(=O)c1ccc(Cl)cc1)NC(C)=O. The average Bonchev–Trinajstić information content (AvgIpc) is 2.36. The quantitative estimate of drug-likeness (QED) is 0.810. The number of nitrogens with one attached hydrogen (secondary N) is 1. The third-order valence-corrected chi connectivity index (χ3v) is 4.44. The molecule has 20 heavy (non-hydrogen) atoms. The average molecular weight is 320 g/mol. The van der Waals surface area contributed by atoms with E-state index in [0.29, 0.717) is 5.02 Å². The molecule has 1 rings (SSSR count). The fourth-order valence-corrected chi connectivity index (χ4v) is 3.04. The molecule has 0 spiro atoms. The molecule has 1 amide bonds. The lowest BCUT2D eigenvalue weighted by Gasteiger charge is -2.15. The van der Waals surface area contributed by atoms with Crippen LogP contribution < -0.4 is 5.32 Å². The Hall–Kier alpha value is -1.60. The molecule has 110 valence electrons. The highest BCUT2D eigenvalue weighted by molar-refractivity contribution is 7.91. The maximum absolute atomic E-state index is 12.2. The highest BCUT2D eigenvalue weighted by Gasteiger charge is 2.28. The maximum atomic E-state index is 12.2. The minimum Gasteiger partial charge on any atom is -0.467 e. The van der Waals surface area contributed by atoms with Gasteiger partial charge in [-0.15, -0.1) is 0 Å². The molecule has 0 radical (unpaired) electrons. The Bertz CT molecular complexity index is 597. The molecule has 0 heterocycles. The zero-order chi connectivity index (χ0) is 15.3. The smallest absolute Gasteiger partial charge is 0.329 e. The van der Waals surface area contributed by atoms with Crippen LogP contribution in [0, 0.1) is 0 Å². The van der Waals surface area contributed by atoms with Gasteiger partial charge in [-0.3, -0.25) is 4.79 Å². The topological polar surface area (TPSA) is 89.5 Å². The van der Waals surface area contributed by atoms with Gasteiger partial charge in [0.2, 0.25) is 5.91 Å². The fraction of sp³-hybridized carbons (Fsp3) is 0.333. The molecule has 1 aromatic rings. The number of rotatable bonds is 5. The van der Waals surface area contributed by atoms with Crippen LogP contribution in [0.25, 0.3) is 0 Å². The van der Waals surface area contributed by atoms with Crippen LogP contribution in [0.5, 0.6) is 0 Å². The first-order valence-corrected chi connectivity index (χ1v) is 7.62. The fourth-order valence-electron chi connectivity index (χ4n) is 1.51. The van der Waals surface area contributed by atoms with Gasteiger partial charge in [0, 0.05) is 11.9 Å². The van der Waals surface area contributed by atoms with Gasteiger partial charge in [-0.2, -0.15) is 0 Å². The van der Waals surface area contributed by atoms with E-state index < -0.39 is 33.5 Å². The Morgan fingerprint density at radius 1 is 1.30 bits per heavy atom. The van der Waals surface area contributed by atoms with E-state index >= 15 is 0 Å². The van der Waals surface area contributed by atoms with Crippen molar-refractivity contribution in [2.24, 2.45) is 0 Å². The Morgan fingerprint density at radius 2 is 1.85 bits per heavy atom. The summed E-state index contributed by atoms with van der Waals surface area (Å²) in [7, 11) is -2.63. The van der Waals surface area contributed by atoms with Gasteiger partial charge in [0.25, 0.3) is 0 Å². The van der Waals surface area contributed by atoms with Crippen molar-refractivity contribution >= 4 is 33.3 Å². The zero-order valence-corrected chi connectivity index (χ0v) is 12.5. The number of sulfone groups is 1. The number of benzene rings is 1. The summed E-state index contributed by atoms with van der Waals surface area (Å²) in [6.07, 6.45) is 0. The predicted molar refractivity (Wildman–Crippen MR) is 73.1 cm³/mol. The molecular formula is C12H14ClNO5S. The third-order valence-electron chi connectivity index (χ3n) is 2.42.